The summed E-state index contributed by atoms with van der Waals surface area (Å²) in [6, 6.07) is 0. The summed E-state index contributed by atoms with van der Waals surface area (Å²) in [6.07, 6.45) is -0.456. The minimum Gasteiger partial charge on any atom is -0.391 e. The van der Waals surface area contributed by atoms with Gasteiger partial charge >= 0.3 is 0 Å². The van der Waals surface area contributed by atoms with E-state index in [1.54, 1.807) is 13.8 Å². The first kappa shape index (κ1) is 12.8. The number of hydrogen-bond acceptors (Lipinski definition) is 4. The Bertz CT molecular complexity index is 340. The summed E-state index contributed by atoms with van der Waals surface area (Å²) in [6.45, 7) is 4.25. The normalized spacial score (nSPS) is 24.3. The first-order chi connectivity index (χ1) is 6.85. The second-order valence-electron chi connectivity index (χ2n) is 3.71. The fraction of sp³-hybridized carbons (Fsp3) is 0.875. The SMILES string of the molecule is CC(C)S(=O)(=O)N1CCOC(C(N)=S)C1. The minimum atomic E-state index is -3.23. The van der Waals surface area contributed by atoms with Gasteiger partial charge in [-0.25, -0.2) is 8.42 Å². The van der Waals surface area contributed by atoms with Gasteiger partial charge in [0.2, 0.25) is 10.0 Å². The van der Waals surface area contributed by atoms with Crippen molar-refractivity contribution in [3.05, 3.63) is 0 Å². The van der Waals surface area contributed by atoms with E-state index in [1.165, 1.54) is 4.31 Å². The predicted molar refractivity (Wildman–Crippen MR) is 62.2 cm³/mol. The molecule has 0 spiro atoms. The van der Waals surface area contributed by atoms with Crippen LogP contribution in [0, 0.1) is 0 Å². The van der Waals surface area contributed by atoms with Gasteiger partial charge in [-0.15, -0.1) is 0 Å². The Morgan fingerprint density at radius 2 is 2.20 bits per heavy atom. The molecule has 0 aliphatic carbocycles. The van der Waals surface area contributed by atoms with Crippen LogP contribution in [0.25, 0.3) is 0 Å². The van der Waals surface area contributed by atoms with E-state index < -0.39 is 21.4 Å². The summed E-state index contributed by atoms with van der Waals surface area (Å²) < 4.78 is 30.3. The van der Waals surface area contributed by atoms with Gasteiger partial charge in [0, 0.05) is 13.1 Å². The fourth-order valence-corrected chi connectivity index (χ4v) is 2.74. The maximum absolute atomic E-state index is 11.8. The molecule has 0 aromatic carbocycles. The molecule has 0 aromatic heterocycles. The largest absolute Gasteiger partial charge is 0.391 e. The molecule has 0 radical (unpaired) electrons. The Morgan fingerprint density at radius 3 is 2.67 bits per heavy atom. The van der Waals surface area contributed by atoms with Gasteiger partial charge in [0.25, 0.3) is 0 Å². The molecule has 1 atom stereocenters. The van der Waals surface area contributed by atoms with E-state index in [2.05, 4.69) is 0 Å². The third-order valence-corrected chi connectivity index (χ3v) is 4.81. The lowest BCUT2D eigenvalue weighted by atomic mass is 10.3. The summed E-state index contributed by atoms with van der Waals surface area (Å²) in [4.78, 5) is 0.207. The maximum atomic E-state index is 11.8. The lowest BCUT2D eigenvalue weighted by Gasteiger charge is -2.32. The van der Waals surface area contributed by atoms with Gasteiger partial charge in [0.1, 0.15) is 11.1 Å². The highest BCUT2D eigenvalue weighted by atomic mass is 32.2. The number of morpholine rings is 1. The van der Waals surface area contributed by atoms with E-state index in [0.29, 0.717) is 13.2 Å². The lowest BCUT2D eigenvalue weighted by molar-refractivity contribution is 0.0384. The van der Waals surface area contributed by atoms with Crippen LogP contribution < -0.4 is 5.73 Å². The molecule has 2 N–H and O–H groups in total. The van der Waals surface area contributed by atoms with Gasteiger partial charge in [-0.1, -0.05) is 12.2 Å². The van der Waals surface area contributed by atoms with E-state index >= 15 is 0 Å². The minimum absolute atomic E-state index is 0.207. The summed E-state index contributed by atoms with van der Waals surface area (Å²) in [7, 11) is -3.23. The van der Waals surface area contributed by atoms with E-state index in [9.17, 15) is 8.42 Å². The highest BCUT2D eigenvalue weighted by Crippen LogP contribution is 2.14. The Labute approximate surface area is 95.6 Å². The van der Waals surface area contributed by atoms with Gasteiger partial charge in [-0.3, -0.25) is 0 Å². The molecule has 0 aromatic rings. The lowest BCUT2D eigenvalue weighted by Crippen LogP contribution is -2.51. The van der Waals surface area contributed by atoms with E-state index in [1.807, 2.05) is 0 Å². The van der Waals surface area contributed by atoms with Crippen LogP contribution in [-0.2, 0) is 14.8 Å². The molecular weight excluding hydrogens is 236 g/mol. The van der Waals surface area contributed by atoms with Gasteiger partial charge in [-0.2, -0.15) is 4.31 Å². The zero-order valence-electron chi connectivity index (χ0n) is 8.84. The average Bonchev–Trinajstić information content (AvgIpc) is 2.17. The van der Waals surface area contributed by atoms with Crippen LogP contribution in [-0.4, -0.2) is 48.8 Å². The quantitative estimate of drug-likeness (QED) is 0.699. The highest BCUT2D eigenvalue weighted by molar-refractivity contribution is 7.89. The standard InChI is InChI=1S/C8H16N2O3S2/c1-6(2)15(11,12)10-3-4-13-7(5-10)8(9)14/h6-7H,3-5H2,1-2H3,(H2,9,14). The Kier molecular flexibility index (Phi) is 4.05. The topological polar surface area (TPSA) is 72.6 Å². The summed E-state index contributed by atoms with van der Waals surface area (Å²) in [5.41, 5.74) is 5.43. The van der Waals surface area contributed by atoms with Crippen LogP contribution in [0.2, 0.25) is 0 Å². The van der Waals surface area contributed by atoms with Crippen LogP contribution in [0.1, 0.15) is 13.8 Å². The summed E-state index contributed by atoms with van der Waals surface area (Å²) in [5, 5.41) is -0.428. The number of sulfonamides is 1. The molecule has 1 aliphatic rings. The van der Waals surface area contributed by atoms with Crippen molar-refractivity contribution in [1.82, 2.24) is 4.31 Å². The van der Waals surface area contributed by atoms with Gasteiger partial charge in [-0.05, 0) is 13.8 Å². The maximum Gasteiger partial charge on any atom is 0.216 e. The third kappa shape index (κ3) is 2.87. The van der Waals surface area contributed by atoms with Gasteiger partial charge in [0.15, 0.2) is 0 Å². The van der Waals surface area contributed by atoms with E-state index in [0.717, 1.165) is 0 Å². The van der Waals surface area contributed by atoms with Crippen molar-refractivity contribution in [2.75, 3.05) is 19.7 Å². The molecule has 1 rings (SSSR count). The molecule has 0 amide bonds. The molecule has 5 nitrogen and oxygen atoms in total. The molecule has 0 saturated carbocycles. The second kappa shape index (κ2) is 4.73. The molecule has 1 unspecified atom stereocenters. The molecule has 1 aliphatic heterocycles. The number of nitrogens with two attached hydrogens (primary N) is 1. The van der Waals surface area contributed by atoms with Crippen LogP contribution in [0.5, 0.6) is 0 Å². The predicted octanol–water partition coefficient (Wildman–Crippen LogP) is -0.288. The monoisotopic (exact) mass is 252 g/mol. The van der Waals surface area contributed by atoms with Crippen molar-refractivity contribution in [2.24, 2.45) is 5.73 Å². The van der Waals surface area contributed by atoms with Crippen molar-refractivity contribution in [3.8, 4) is 0 Å². The highest BCUT2D eigenvalue weighted by Gasteiger charge is 2.32. The van der Waals surface area contributed by atoms with Crippen LogP contribution >= 0.6 is 12.2 Å². The first-order valence-corrected chi connectivity index (χ1v) is 6.66. The average molecular weight is 252 g/mol. The van der Waals surface area contributed by atoms with E-state index in [-0.39, 0.29) is 11.5 Å². The summed E-state index contributed by atoms with van der Waals surface area (Å²) >= 11 is 4.79. The second-order valence-corrected chi connectivity index (χ2v) is 6.67. The molecule has 88 valence electrons. The number of nitrogens with zero attached hydrogens (tertiary/aromatic N) is 1. The Morgan fingerprint density at radius 1 is 1.60 bits per heavy atom. The first-order valence-electron chi connectivity index (χ1n) is 4.75. The van der Waals surface area contributed by atoms with Crippen LogP contribution in [0.3, 0.4) is 0 Å². The van der Waals surface area contributed by atoms with Crippen molar-refractivity contribution >= 4 is 27.2 Å². The summed E-state index contributed by atoms with van der Waals surface area (Å²) in [5.74, 6) is 0. The van der Waals surface area contributed by atoms with Crippen molar-refractivity contribution in [1.29, 1.82) is 0 Å². The molecule has 7 heteroatoms. The zero-order valence-corrected chi connectivity index (χ0v) is 10.5. The van der Waals surface area contributed by atoms with E-state index in [4.69, 9.17) is 22.7 Å². The van der Waals surface area contributed by atoms with Gasteiger partial charge < -0.3 is 10.5 Å². The molecule has 0 bridgehead atoms. The molecule has 15 heavy (non-hydrogen) atoms. The fourth-order valence-electron chi connectivity index (χ4n) is 1.33. The number of hydrogen-bond donors (Lipinski definition) is 1. The number of ether oxygens (including phenoxy) is 1. The molecule has 1 heterocycles. The number of thiocarbonyl (C=S) groups is 1. The van der Waals surface area contributed by atoms with Crippen molar-refractivity contribution < 1.29 is 13.2 Å². The smallest absolute Gasteiger partial charge is 0.216 e. The third-order valence-electron chi connectivity index (χ3n) is 2.30. The van der Waals surface area contributed by atoms with Crippen LogP contribution in [0.4, 0.5) is 0 Å². The molecular formula is C8H16N2O3S2. The molecule has 1 saturated heterocycles. The van der Waals surface area contributed by atoms with Crippen molar-refractivity contribution in [2.45, 2.75) is 25.2 Å². The molecule has 1 fully saturated rings. The van der Waals surface area contributed by atoms with Gasteiger partial charge in [0.05, 0.1) is 11.9 Å². The van der Waals surface area contributed by atoms with Crippen molar-refractivity contribution in [3.63, 3.8) is 0 Å². The van der Waals surface area contributed by atoms with Crippen LogP contribution in [0.15, 0.2) is 0 Å². The Balaban J connectivity index is 2.77. The zero-order chi connectivity index (χ0) is 11.6. The Hall–Kier alpha value is -0.240. The number of rotatable bonds is 3.